The van der Waals surface area contributed by atoms with Gasteiger partial charge in [-0.1, -0.05) is 36.4 Å². The lowest BCUT2D eigenvalue weighted by Gasteiger charge is -2.18. The third kappa shape index (κ3) is 1.63. The molecule has 98 valence electrons. The van der Waals surface area contributed by atoms with Crippen LogP contribution >= 0.6 is 0 Å². The highest BCUT2D eigenvalue weighted by molar-refractivity contribution is 6.28. The molecule has 1 atom stereocenters. The van der Waals surface area contributed by atoms with E-state index in [0.717, 1.165) is 0 Å². The molecule has 0 spiro atoms. The van der Waals surface area contributed by atoms with Gasteiger partial charge in [0.15, 0.2) is 5.78 Å². The molecule has 2 aromatic rings. The van der Waals surface area contributed by atoms with E-state index in [2.05, 4.69) is 4.79 Å². The number of carbonyl (C=O) groups excluding carboxylic acids is 1. The Labute approximate surface area is 115 Å². The second kappa shape index (κ2) is 4.53. The molecular formula is C16H12N2O2. The van der Waals surface area contributed by atoms with Crippen molar-refractivity contribution < 1.29 is 14.7 Å². The first kappa shape index (κ1) is 12.5. The maximum absolute atomic E-state index is 12.5. The molecule has 1 unspecified atom stereocenters. The number of carbonyl (C=O) groups is 1. The lowest BCUT2D eigenvalue weighted by Crippen LogP contribution is -2.24. The largest absolute Gasteiger partial charge is 0.389 e. The first-order valence-electron chi connectivity index (χ1n) is 6.32. The van der Waals surface area contributed by atoms with Gasteiger partial charge in [-0.15, -0.1) is 0 Å². The maximum Gasteiger partial charge on any atom is 0.331 e. The van der Waals surface area contributed by atoms with Crippen LogP contribution < -0.4 is 0 Å². The summed E-state index contributed by atoms with van der Waals surface area (Å²) >= 11 is 0. The van der Waals surface area contributed by atoms with Crippen LogP contribution in [0.15, 0.2) is 42.5 Å². The van der Waals surface area contributed by atoms with Gasteiger partial charge in [-0.2, -0.15) is 4.79 Å². The molecule has 4 nitrogen and oxygen atoms in total. The van der Waals surface area contributed by atoms with Crippen LogP contribution in [0.25, 0.3) is 5.53 Å². The van der Waals surface area contributed by atoms with Crippen LogP contribution in [0.1, 0.15) is 45.6 Å². The van der Waals surface area contributed by atoms with Crippen LogP contribution in [0.4, 0.5) is 0 Å². The second-order valence-corrected chi connectivity index (χ2v) is 4.77. The lowest BCUT2D eigenvalue weighted by molar-refractivity contribution is -0.00331. The van der Waals surface area contributed by atoms with Gasteiger partial charge < -0.3 is 10.6 Å². The predicted molar refractivity (Wildman–Crippen MR) is 73.8 cm³/mol. The average Bonchev–Trinajstić information content (AvgIpc) is 2.47. The van der Waals surface area contributed by atoms with Crippen molar-refractivity contribution >= 4 is 11.5 Å². The summed E-state index contributed by atoms with van der Waals surface area (Å²) in [6.45, 7) is 1.62. The third-order valence-electron chi connectivity index (χ3n) is 3.56. The van der Waals surface area contributed by atoms with Crippen molar-refractivity contribution in [3.8, 4) is 0 Å². The number of hydrogen-bond acceptors (Lipinski definition) is 2. The van der Waals surface area contributed by atoms with Gasteiger partial charge in [0.25, 0.3) is 0 Å². The smallest absolute Gasteiger partial charge is 0.331 e. The van der Waals surface area contributed by atoms with Gasteiger partial charge in [-0.25, -0.2) is 0 Å². The summed E-state index contributed by atoms with van der Waals surface area (Å²) < 4.78 is 0. The Kier molecular flexibility index (Phi) is 2.83. The van der Waals surface area contributed by atoms with Crippen LogP contribution in [0, 0.1) is 0 Å². The van der Waals surface area contributed by atoms with E-state index in [4.69, 9.17) is 0 Å². The van der Waals surface area contributed by atoms with Crippen LogP contribution in [0.3, 0.4) is 0 Å². The first-order chi connectivity index (χ1) is 9.65. The zero-order valence-corrected chi connectivity index (χ0v) is 10.9. The molecule has 1 aliphatic rings. The minimum absolute atomic E-state index is 0.120. The summed E-state index contributed by atoms with van der Waals surface area (Å²) in [4.78, 5) is 15.9. The summed E-state index contributed by atoms with van der Waals surface area (Å²) in [7, 11) is 0. The van der Waals surface area contributed by atoms with Gasteiger partial charge in [0.05, 0.1) is 17.2 Å². The van der Waals surface area contributed by atoms with E-state index in [1.165, 1.54) is 0 Å². The molecule has 1 N–H and O–H groups in total. The van der Waals surface area contributed by atoms with Gasteiger partial charge in [-0.05, 0) is 18.6 Å². The summed E-state index contributed by atoms with van der Waals surface area (Å²) in [6, 6.07) is 12.1. The van der Waals surface area contributed by atoms with Crippen molar-refractivity contribution in [2.24, 2.45) is 0 Å². The Balaban J connectivity index is 2.41. The summed E-state index contributed by atoms with van der Waals surface area (Å²) in [5.41, 5.74) is 12.3. The Bertz CT molecular complexity index is 772. The molecule has 0 radical (unpaired) electrons. The maximum atomic E-state index is 12.5. The predicted octanol–water partition coefficient (Wildman–Crippen LogP) is 2.35. The normalized spacial score (nSPS) is 14.3. The number of rotatable bonds is 1. The molecule has 0 bridgehead atoms. The monoisotopic (exact) mass is 264 g/mol. The quantitative estimate of drug-likeness (QED) is 0.541. The number of nitrogens with zero attached hydrogens (tertiary/aromatic N) is 2. The molecule has 20 heavy (non-hydrogen) atoms. The van der Waals surface area contributed by atoms with Crippen molar-refractivity contribution in [1.29, 1.82) is 0 Å². The van der Waals surface area contributed by atoms with Crippen LogP contribution in [-0.4, -0.2) is 21.4 Å². The van der Waals surface area contributed by atoms with Gasteiger partial charge in [0.1, 0.15) is 0 Å². The highest BCUT2D eigenvalue weighted by Gasteiger charge is 2.35. The van der Waals surface area contributed by atoms with Crippen molar-refractivity contribution in [3.05, 3.63) is 75.8 Å². The molecule has 2 aromatic carbocycles. The number of fused-ring (bicyclic) bond motifs is 2. The summed E-state index contributed by atoms with van der Waals surface area (Å²) in [6.07, 6.45) is -0.750. The Hall–Kier alpha value is -2.55. The molecule has 0 amide bonds. The standard InChI is InChI=1S/C16H12N2O2/c1-9(19)10-7-4-8-13-14(10)15(18-17)11-5-2-3-6-12(11)16(13)20/h2-9,19H,1H3. The van der Waals surface area contributed by atoms with E-state index in [9.17, 15) is 15.4 Å². The molecule has 1 aliphatic carbocycles. The van der Waals surface area contributed by atoms with Crippen LogP contribution in [-0.2, 0) is 0 Å². The van der Waals surface area contributed by atoms with E-state index >= 15 is 0 Å². The molecule has 4 heteroatoms. The van der Waals surface area contributed by atoms with Crippen molar-refractivity contribution in [3.63, 3.8) is 0 Å². The highest BCUT2D eigenvalue weighted by Crippen LogP contribution is 2.31. The van der Waals surface area contributed by atoms with E-state index in [1.54, 1.807) is 49.4 Å². The van der Waals surface area contributed by atoms with Gasteiger partial charge in [0.2, 0.25) is 0 Å². The lowest BCUT2D eigenvalue weighted by atomic mass is 9.80. The fourth-order valence-electron chi connectivity index (χ4n) is 2.64. The van der Waals surface area contributed by atoms with E-state index in [1.807, 2.05) is 0 Å². The molecule has 0 saturated heterocycles. The number of hydrogen-bond donors (Lipinski definition) is 1. The first-order valence-corrected chi connectivity index (χ1v) is 6.32. The molecule has 0 heterocycles. The van der Waals surface area contributed by atoms with Gasteiger partial charge in [-0.3, -0.25) is 4.79 Å². The average molecular weight is 264 g/mol. The zero-order valence-electron chi connectivity index (χ0n) is 10.9. The van der Waals surface area contributed by atoms with Crippen molar-refractivity contribution in [2.45, 2.75) is 13.0 Å². The second-order valence-electron chi connectivity index (χ2n) is 4.77. The molecular weight excluding hydrogens is 252 g/mol. The fourth-order valence-corrected chi connectivity index (χ4v) is 2.64. The van der Waals surface area contributed by atoms with Gasteiger partial charge >= 0.3 is 5.71 Å². The minimum Gasteiger partial charge on any atom is -0.389 e. The van der Waals surface area contributed by atoms with Crippen molar-refractivity contribution in [1.82, 2.24) is 0 Å². The number of benzene rings is 2. The third-order valence-corrected chi connectivity index (χ3v) is 3.56. The van der Waals surface area contributed by atoms with E-state index in [-0.39, 0.29) is 5.78 Å². The summed E-state index contributed by atoms with van der Waals surface area (Å²) in [5.74, 6) is -0.120. The van der Waals surface area contributed by atoms with Crippen LogP contribution in [0.2, 0.25) is 0 Å². The molecule has 0 fully saturated rings. The van der Waals surface area contributed by atoms with E-state index in [0.29, 0.717) is 33.5 Å². The highest BCUT2D eigenvalue weighted by atomic mass is 16.3. The Morgan fingerprint density at radius 2 is 1.70 bits per heavy atom. The van der Waals surface area contributed by atoms with Crippen LogP contribution in [0.5, 0.6) is 0 Å². The Morgan fingerprint density at radius 3 is 2.35 bits per heavy atom. The van der Waals surface area contributed by atoms with Gasteiger partial charge in [0, 0.05) is 11.1 Å². The van der Waals surface area contributed by atoms with Crippen molar-refractivity contribution in [2.75, 3.05) is 0 Å². The number of aliphatic hydroxyl groups excluding tert-OH is 1. The topological polar surface area (TPSA) is 73.7 Å². The summed E-state index contributed by atoms with van der Waals surface area (Å²) in [5, 5.41) is 9.88. The molecule has 0 saturated carbocycles. The number of ketones is 1. The number of aliphatic hydroxyl groups is 1. The molecule has 3 rings (SSSR count). The SMILES string of the molecule is CC(O)c1cccc2c1C(=[N+]=[N-])c1ccccc1C2=O. The Morgan fingerprint density at radius 1 is 1.05 bits per heavy atom. The van der Waals surface area contributed by atoms with E-state index < -0.39 is 6.10 Å². The zero-order chi connectivity index (χ0) is 14.3. The fraction of sp³-hybridized carbons (Fsp3) is 0.125. The molecule has 0 aliphatic heterocycles. The molecule has 0 aromatic heterocycles. The minimum atomic E-state index is -0.750.